The van der Waals surface area contributed by atoms with Gasteiger partial charge in [-0.05, 0) is 45.8 Å². The van der Waals surface area contributed by atoms with Crippen molar-refractivity contribution in [3.05, 3.63) is 77.3 Å². The highest BCUT2D eigenvalue weighted by Gasteiger charge is 2.04. The maximum Gasteiger partial charge on any atom is 0.243 e. The standard InChI is InChI=1S/C18H18ClN5O/c1-2-10-24-18(21-22-23-24)20-12-15-4-3-5-17(11-15)25-13-14-6-8-16(19)9-7-14/h2-9,11H,1,10,12-13H2,(H,20,21,23). The highest BCUT2D eigenvalue weighted by Crippen LogP contribution is 2.17. The van der Waals surface area contributed by atoms with Crippen LogP contribution in [0.2, 0.25) is 5.02 Å². The predicted molar refractivity (Wildman–Crippen MR) is 97.6 cm³/mol. The molecule has 6 nitrogen and oxygen atoms in total. The number of nitrogens with zero attached hydrogens (tertiary/aromatic N) is 4. The topological polar surface area (TPSA) is 64.9 Å². The fraction of sp³-hybridized carbons (Fsp3) is 0.167. The summed E-state index contributed by atoms with van der Waals surface area (Å²) in [6, 6.07) is 15.5. The Kier molecular flexibility index (Phi) is 5.64. The van der Waals surface area contributed by atoms with E-state index < -0.39 is 0 Å². The second-order valence-corrected chi connectivity index (χ2v) is 5.83. The fourth-order valence-corrected chi connectivity index (χ4v) is 2.38. The first-order valence-corrected chi connectivity index (χ1v) is 8.19. The van der Waals surface area contributed by atoms with Crippen LogP contribution < -0.4 is 10.1 Å². The Bertz CT molecular complexity index is 831. The van der Waals surface area contributed by atoms with Crippen LogP contribution in [0.1, 0.15) is 11.1 Å². The Morgan fingerprint density at radius 2 is 2.00 bits per heavy atom. The third-order valence-corrected chi connectivity index (χ3v) is 3.75. The van der Waals surface area contributed by atoms with E-state index in [2.05, 4.69) is 27.4 Å². The number of halogens is 1. The summed E-state index contributed by atoms with van der Waals surface area (Å²) >= 11 is 5.89. The van der Waals surface area contributed by atoms with E-state index in [1.54, 1.807) is 10.8 Å². The average Bonchev–Trinajstić information content (AvgIpc) is 3.07. The Morgan fingerprint density at radius 1 is 1.16 bits per heavy atom. The summed E-state index contributed by atoms with van der Waals surface area (Å²) in [6.07, 6.45) is 1.74. The van der Waals surface area contributed by atoms with Crippen LogP contribution in [-0.2, 0) is 19.7 Å². The lowest BCUT2D eigenvalue weighted by atomic mass is 10.2. The molecule has 0 bridgehead atoms. The molecule has 25 heavy (non-hydrogen) atoms. The zero-order valence-electron chi connectivity index (χ0n) is 13.6. The number of tetrazole rings is 1. The lowest BCUT2D eigenvalue weighted by Gasteiger charge is -2.09. The van der Waals surface area contributed by atoms with Crippen LogP contribution in [0.4, 0.5) is 5.95 Å². The van der Waals surface area contributed by atoms with Gasteiger partial charge in [-0.1, -0.05) is 47.0 Å². The molecule has 1 N–H and O–H groups in total. The molecule has 128 valence electrons. The summed E-state index contributed by atoms with van der Waals surface area (Å²) in [4.78, 5) is 0. The largest absolute Gasteiger partial charge is 0.489 e. The first-order chi connectivity index (χ1) is 12.2. The number of ether oxygens (including phenoxy) is 1. The van der Waals surface area contributed by atoms with Crippen LogP contribution in [0, 0.1) is 0 Å². The van der Waals surface area contributed by atoms with E-state index in [4.69, 9.17) is 16.3 Å². The summed E-state index contributed by atoms with van der Waals surface area (Å²) in [5.41, 5.74) is 2.14. The quantitative estimate of drug-likeness (QED) is 0.624. The van der Waals surface area contributed by atoms with Gasteiger partial charge in [-0.3, -0.25) is 0 Å². The molecule has 0 atom stereocenters. The number of aromatic nitrogens is 4. The maximum atomic E-state index is 5.89. The highest BCUT2D eigenvalue weighted by molar-refractivity contribution is 6.30. The molecule has 0 spiro atoms. The molecule has 1 heterocycles. The smallest absolute Gasteiger partial charge is 0.243 e. The van der Waals surface area contributed by atoms with E-state index >= 15 is 0 Å². The molecule has 3 rings (SSSR count). The lowest BCUT2D eigenvalue weighted by molar-refractivity contribution is 0.306. The Morgan fingerprint density at radius 3 is 2.80 bits per heavy atom. The highest BCUT2D eigenvalue weighted by atomic mass is 35.5. The Labute approximate surface area is 151 Å². The molecule has 1 aromatic heterocycles. The third-order valence-electron chi connectivity index (χ3n) is 3.50. The second kappa shape index (κ2) is 8.30. The van der Waals surface area contributed by atoms with E-state index in [0.717, 1.165) is 21.9 Å². The van der Waals surface area contributed by atoms with Gasteiger partial charge in [-0.15, -0.1) is 6.58 Å². The Balaban J connectivity index is 1.58. The molecule has 0 aliphatic carbocycles. The fourth-order valence-electron chi connectivity index (χ4n) is 2.25. The molecular weight excluding hydrogens is 338 g/mol. The van der Waals surface area contributed by atoms with Gasteiger partial charge in [0.05, 0.1) is 6.54 Å². The van der Waals surface area contributed by atoms with Crippen molar-refractivity contribution in [2.75, 3.05) is 5.32 Å². The number of allylic oxidation sites excluding steroid dienone is 1. The van der Waals surface area contributed by atoms with Crippen molar-refractivity contribution in [2.45, 2.75) is 19.7 Å². The second-order valence-electron chi connectivity index (χ2n) is 5.39. The monoisotopic (exact) mass is 355 g/mol. The molecule has 7 heteroatoms. The molecular formula is C18H18ClN5O. The van der Waals surface area contributed by atoms with Gasteiger partial charge in [0.15, 0.2) is 0 Å². The molecule has 0 saturated heterocycles. The SMILES string of the molecule is C=CCn1nnnc1NCc1cccc(OCc2ccc(Cl)cc2)c1. The molecule has 0 radical (unpaired) electrons. The Hall–Kier alpha value is -2.86. The van der Waals surface area contributed by atoms with Crippen molar-refractivity contribution in [1.29, 1.82) is 0 Å². The van der Waals surface area contributed by atoms with Gasteiger partial charge >= 0.3 is 0 Å². The minimum absolute atomic E-state index is 0.492. The van der Waals surface area contributed by atoms with E-state index in [1.807, 2.05) is 48.5 Å². The molecule has 0 unspecified atom stereocenters. The third kappa shape index (κ3) is 4.81. The summed E-state index contributed by atoms with van der Waals surface area (Å²) in [6.45, 7) is 5.33. The van der Waals surface area contributed by atoms with Crippen molar-refractivity contribution >= 4 is 17.5 Å². The molecule has 0 fully saturated rings. The van der Waals surface area contributed by atoms with Gasteiger partial charge in [0, 0.05) is 11.6 Å². The molecule has 2 aromatic carbocycles. The van der Waals surface area contributed by atoms with Gasteiger partial charge in [0.25, 0.3) is 0 Å². The number of nitrogens with one attached hydrogen (secondary N) is 1. The van der Waals surface area contributed by atoms with E-state index in [1.165, 1.54) is 0 Å². The molecule has 0 aliphatic rings. The van der Waals surface area contributed by atoms with Crippen LogP contribution in [0.5, 0.6) is 5.75 Å². The summed E-state index contributed by atoms with van der Waals surface area (Å²) in [5.74, 6) is 1.41. The molecule has 0 saturated carbocycles. The van der Waals surface area contributed by atoms with Crippen LogP contribution in [0.15, 0.2) is 61.2 Å². The predicted octanol–water partition coefficient (Wildman–Crippen LogP) is 3.70. The van der Waals surface area contributed by atoms with Crippen molar-refractivity contribution in [3.63, 3.8) is 0 Å². The first kappa shape index (κ1) is 17.0. The normalized spacial score (nSPS) is 10.4. The number of benzene rings is 2. The van der Waals surface area contributed by atoms with E-state index in [0.29, 0.717) is 25.6 Å². The summed E-state index contributed by atoms with van der Waals surface area (Å²) < 4.78 is 7.49. The van der Waals surface area contributed by atoms with Gasteiger partial charge in [-0.2, -0.15) is 0 Å². The molecule has 0 amide bonds. The number of anilines is 1. The number of rotatable bonds is 8. The van der Waals surface area contributed by atoms with E-state index in [9.17, 15) is 0 Å². The summed E-state index contributed by atoms with van der Waals surface area (Å²) in [7, 11) is 0. The van der Waals surface area contributed by atoms with Crippen molar-refractivity contribution in [3.8, 4) is 5.75 Å². The van der Waals surface area contributed by atoms with Crippen LogP contribution in [-0.4, -0.2) is 20.2 Å². The molecule has 3 aromatic rings. The minimum Gasteiger partial charge on any atom is -0.489 e. The number of hydrogen-bond donors (Lipinski definition) is 1. The zero-order chi connectivity index (χ0) is 17.5. The van der Waals surface area contributed by atoms with Crippen LogP contribution in [0.25, 0.3) is 0 Å². The minimum atomic E-state index is 0.492. The number of hydrogen-bond acceptors (Lipinski definition) is 5. The van der Waals surface area contributed by atoms with Gasteiger partial charge in [0.1, 0.15) is 12.4 Å². The van der Waals surface area contributed by atoms with Gasteiger partial charge < -0.3 is 10.1 Å². The van der Waals surface area contributed by atoms with Crippen molar-refractivity contribution in [2.24, 2.45) is 0 Å². The summed E-state index contributed by atoms with van der Waals surface area (Å²) in [5, 5.41) is 15.4. The van der Waals surface area contributed by atoms with Crippen molar-refractivity contribution < 1.29 is 4.74 Å². The molecule has 0 aliphatic heterocycles. The van der Waals surface area contributed by atoms with Crippen LogP contribution >= 0.6 is 11.6 Å². The van der Waals surface area contributed by atoms with Gasteiger partial charge in [-0.25, -0.2) is 4.68 Å². The zero-order valence-corrected chi connectivity index (χ0v) is 14.4. The lowest BCUT2D eigenvalue weighted by Crippen LogP contribution is -2.08. The first-order valence-electron chi connectivity index (χ1n) is 7.82. The maximum absolute atomic E-state index is 5.89. The van der Waals surface area contributed by atoms with E-state index in [-0.39, 0.29) is 0 Å². The van der Waals surface area contributed by atoms with Crippen molar-refractivity contribution in [1.82, 2.24) is 20.2 Å². The van der Waals surface area contributed by atoms with Crippen LogP contribution in [0.3, 0.4) is 0 Å². The average molecular weight is 356 g/mol. The van der Waals surface area contributed by atoms with Gasteiger partial charge in [0.2, 0.25) is 5.95 Å².